The van der Waals surface area contributed by atoms with Crippen LogP contribution in [0.2, 0.25) is 0 Å². The average Bonchev–Trinajstić information content (AvgIpc) is 1.82. The highest BCUT2D eigenvalue weighted by atomic mass is 16.4. The van der Waals surface area contributed by atoms with Crippen molar-refractivity contribution >= 4 is 11.9 Å². The predicted octanol–water partition coefficient (Wildman–Crippen LogP) is -0.101. The highest BCUT2D eigenvalue weighted by Gasteiger charge is 2.12. The Labute approximate surface area is 64.8 Å². The molecule has 66 valence electrons. The van der Waals surface area contributed by atoms with E-state index >= 15 is 0 Å². The van der Waals surface area contributed by atoms with E-state index in [1.54, 1.807) is 0 Å². The topological polar surface area (TPSA) is 101 Å². The standard InChI is InChI=1S/C5H9NO4.CH4/c6-3(5(9)10)1-2-4(7)8;/h3H,1-2,6H2,(H,7,8)(H,9,10);1H4/t3-;/m1./s1. The number of hydrogen-bond acceptors (Lipinski definition) is 3. The van der Waals surface area contributed by atoms with Gasteiger partial charge in [-0.3, -0.25) is 9.59 Å². The van der Waals surface area contributed by atoms with Gasteiger partial charge in [0.1, 0.15) is 6.04 Å². The van der Waals surface area contributed by atoms with Gasteiger partial charge in [-0.15, -0.1) is 0 Å². The lowest BCUT2D eigenvalue weighted by Crippen LogP contribution is -2.30. The van der Waals surface area contributed by atoms with Crippen molar-refractivity contribution in [2.45, 2.75) is 26.3 Å². The largest absolute Gasteiger partial charge is 0.481 e. The minimum atomic E-state index is -1.17. The molecule has 0 rings (SSSR count). The molecule has 5 heteroatoms. The van der Waals surface area contributed by atoms with Crippen LogP contribution in [-0.2, 0) is 9.59 Å². The summed E-state index contributed by atoms with van der Waals surface area (Å²) in [4.78, 5) is 19.9. The lowest BCUT2D eigenvalue weighted by molar-refractivity contribution is -0.139. The van der Waals surface area contributed by atoms with E-state index in [4.69, 9.17) is 15.9 Å². The maximum Gasteiger partial charge on any atom is 0.320 e. The fourth-order valence-electron chi connectivity index (χ4n) is 0.402. The number of rotatable bonds is 4. The van der Waals surface area contributed by atoms with Crippen LogP contribution in [0.15, 0.2) is 0 Å². The summed E-state index contributed by atoms with van der Waals surface area (Å²) in [5.74, 6) is -2.20. The third-order valence-electron chi connectivity index (χ3n) is 0.986. The van der Waals surface area contributed by atoms with Crippen LogP contribution < -0.4 is 5.73 Å². The van der Waals surface area contributed by atoms with E-state index in [2.05, 4.69) is 0 Å². The molecule has 0 aliphatic carbocycles. The molecule has 11 heavy (non-hydrogen) atoms. The number of nitrogens with two attached hydrogens (primary N) is 1. The highest BCUT2D eigenvalue weighted by molar-refractivity contribution is 5.74. The van der Waals surface area contributed by atoms with Gasteiger partial charge >= 0.3 is 11.9 Å². The zero-order chi connectivity index (χ0) is 8.15. The van der Waals surface area contributed by atoms with Crippen LogP contribution in [0.25, 0.3) is 0 Å². The number of carboxylic acids is 2. The van der Waals surface area contributed by atoms with Crippen LogP contribution in [0.1, 0.15) is 20.3 Å². The molecule has 0 aliphatic heterocycles. The Morgan fingerprint density at radius 3 is 2.09 bits per heavy atom. The summed E-state index contributed by atoms with van der Waals surface area (Å²) in [5.41, 5.74) is 5.00. The smallest absolute Gasteiger partial charge is 0.320 e. The van der Waals surface area contributed by atoms with Gasteiger partial charge in [0.2, 0.25) is 0 Å². The van der Waals surface area contributed by atoms with Gasteiger partial charge in [-0.05, 0) is 6.42 Å². The molecule has 0 amide bonds. The normalized spacial score (nSPS) is 11.4. The minimum Gasteiger partial charge on any atom is -0.481 e. The quantitative estimate of drug-likeness (QED) is 0.537. The van der Waals surface area contributed by atoms with Crippen molar-refractivity contribution in [2.75, 3.05) is 0 Å². The van der Waals surface area contributed by atoms with Crippen molar-refractivity contribution in [1.82, 2.24) is 0 Å². The van der Waals surface area contributed by atoms with Gasteiger partial charge in [0.05, 0.1) is 0 Å². The van der Waals surface area contributed by atoms with Crippen LogP contribution in [0.3, 0.4) is 0 Å². The molecular formula is C6H13NO4. The first-order chi connectivity index (χ1) is 4.54. The fourth-order valence-corrected chi connectivity index (χ4v) is 0.402. The van der Waals surface area contributed by atoms with Crippen LogP contribution >= 0.6 is 0 Å². The van der Waals surface area contributed by atoms with Crippen LogP contribution in [0.4, 0.5) is 0 Å². The number of carbonyl (C=O) groups is 2. The highest BCUT2D eigenvalue weighted by Crippen LogP contribution is 1.93. The summed E-state index contributed by atoms with van der Waals surface area (Å²) < 4.78 is 0. The summed E-state index contributed by atoms with van der Waals surface area (Å²) in [6, 6.07) is -1.06. The number of hydrogen-bond donors (Lipinski definition) is 3. The summed E-state index contributed by atoms with van der Waals surface area (Å²) in [5, 5.41) is 16.3. The first-order valence-corrected chi connectivity index (χ1v) is 2.74. The van der Waals surface area contributed by atoms with Crippen molar-refractivity contribution in [3.8, 4) is 0 Å². The van der Waals surface area contributed by atoms with Gasteiger partial charge in [0.25, 0.3) is 0 Å². The Balaban J connectivity index is 0. The van der Waals surface area contributed by atoms with Gasteiger partial charge in [-0.1, -0.05) is 7.43 Å². The molecule has 0 aliphatic rings. The van der Waals surface area contributed by atoms with E-state index < -0.39 is 18.0 Å². The van der Waals surface area contributed by atoms with E-state index in [9.17, 15) is 9.59 Å². The molecule has 0 aromatic heterocycles. The monoisotopic (exact) mass is 163 g/mol. The molecule has 0 bridgehead atoms. The molecule has 4 N–H and O–H groups in total. The molecule has 0 saturated heterocycles. The third kappa shape index (κ3) is 6.79. The molecule has 0 unspecified atom stereocenters. The molecule has 0 spiro atoms. The van der Waals surface area contributed by atoms with Crippen LogP contribution in [0, 0.1) is 0 Å². The van der Waals surface area contributed by atoms with Gasteiger partial charge in [0, 0.05) is 6.42 Å². The van der Waals surface area contributed by atoms with Crippen molar-refractivity contribution in [3.63, 3.8) is 0 Å². The van der Waals surface area contributed by atoms with Crippen molar-refractivity contribution < 1.29 is 19.8 Å². The third-order valence-corrected chi connectivity index (χ3v) is 0.986. The molecule has 1 atom stereocenters. The molecule has 0 saturated carbocycles. The van der Waals surface area contributed by atoms with E-state index in [1.807, 2.05) is 0 Å². The van der Waals surface area contributed by atoms with E-state index in [0.29, 0.717) is 0 Å². The van der Waals surface area contributed by atoms with Crippen molar-refractivity contribution in [3.05, 3.63) is 0 Å². The Morgan fingerprint density at radius 2 is 1.82 bits per heavy atom. The zero-order valence-electron chi connectivity index (χ0n) is 5.28. The van der Waals surface area contributed by atoms with Gasteiger partial charge in [-0.25, -0.2) is 0 Å². The average molecular weight is 163 g/mol. The Bertz CT molecular complexity index is 146. The first-order valence-electron chi connectivity index (χ1n) is 2.74. The second-order valence-electron chi connectivity index (χ2n) is 1.88. The van der Waals surface area contributed by atoms with E-state index in [0.717, 1.165) is 0 Å². The molecule has 0 aromatic rings. The summed E-state index contributed by atoms with van der Waals surface area (Å²) in [6.07, 6.45) is -0.224. The SMILES string of the molecule is C.N[C@H](CCC(=O)O)C(=O)O. The molecule has 0 aromatic carbocycles. The summed E-state index contributed by atoms with van der Waals surface area (Å²) >= 11 is 0. The predicted molar refractivity (Wildman–Crippen MR) is 39.2 cm³/mol. The number of aliphatic carboxylic acids is 2. The summed E-state index contributed by atoms with van der Waals surface area (Å²) in [6.45, 7) is 0. The molecule has 5 nitrogen and oxygen atoms in total. The Morgan fingerprint density at radius 1 is 1.36 bits per heavy atom. The Hall–Kier alpha value is -1.10. The Kier molecular flexibility index (Phi) is 6.47. The van der Waals surface area contributed by atoms with E-state index in [-0.39, 0.29) is 20.3 Å². The zero-order valence-corrected chi connectivity index (χ0v) is 5.28. The van der Waals surface area contributed by atoms with E-state index in [1.165, 1.54) is 0 Å². The van der Waals surface area contributed by atoms with Crippen molar-refractivity contribution in [2.24, 2.45) is 5.73 Å². The number of carboxylic acid groups (broad SMARTS) is 2. The van der Waals surface area contributed by atoms with Crippen LogP contribution in [0.5, 0.6) is 0 Å². The molecular weight excluding hydrogens is 150 g/mol. The van der Waals surface area contributed by atoms with Gasteiger partial charge in [0.15, 0.2) is 0 Å². The molecule has 0 radical (unpaired) electrons. The lowest BCUT2D eigenvalue weighted by atomic mass is 10.2. The van der Waals surface area contributed by atoms with Crippen molar-refractivity contribution in [1.29, 1.82) is 0 Å². The fraction of sp³-hybridized carbons (Fsp3) is 0.667. The lowest BCUT2D eigenvalue weighted by Gasteiger charge is -2.01. The molecule has 0 fully saturated rings. The second kappa shape index (κ2) is 5.67. The maximum atomic E-state index is 9.99. The first kappa shape index (κ1) is 12.6. The molecule has 0 heterocycles. The van der Waals surface area contributed by atoms with Gasteiger partial charge in [-0.2, -0.15) is 0 Å². The van der Waals surface area contributed by atoms with Crippen LogP contribution in [-0.4, -0.2) is 28.2 Å². The van der Waals surface area contributed by atoms with Gasteiger partial charge < -0.3 is 15.9 Å². The maximum absolute atomic E-state index is 9.99. The minimum absolute atomic E-state index is 0. The summed E-state index contributed by atoms with van der Waals surface area (Å²) in [7, 11) is 0. The second-order valence-corrected chi connectivity index (χ2v) is 1.88.